The molecule has 1 aromatic rings. The zero-order valence-corrected chi connectivity index (χ0v) is 16.6. The van der Waals surface area contributed by atoms with E-state index in [1.54, 1.807) is 0 Å². The summed E-state index contributed by atoms with van der Waals surface area (Å²) in [6.07, 6.45) is 6.48. The number of hydrogen-bond donors (Lipinski definition) is 0. The van der Waals surface area contributed by atoms with Crippen LogP contribution < -0.4 is 4.90 Å². The van der Waals surface area contributed by atoms with E-state index in [0.29, 0.717) is 13.1 Å². The maximum Gasteiger partial charge on any atom is 0.233 e. The third kappa shape index (κ3) is 3.15. The molecule has 0 aromatic heterocycles. The van der Waals surface area contributed by atoms with Gasteiger partial charge < -0.3 is 9.80 Å². The zero-order chi connectivity index (χ0) is 20.0. The van der Waals surface area contributed by atoms with Crippen molar-refractivity contribution in [1.82, 2.24) is 9.80 Å². The Hall–Kier alpha value is -2.63. The number of amides is 3. The Morgan fingerprint density at radius 3 is 2.00 bits per heavy atom. The summed E-state index contributed by atoms with van der Waals surface area (Å²) in [4.78, 5) is 44.0. The number of benzene rings is 1. The van der Waals surface area contributed by atoms with E-state index < -0.39 is 0 Å². The van der Waals surface area contributed by atoms with Crippen LogP contribution in [0.25, 0.3) is 0 Å². The lowest BCUT2D eigenvalue weighted by Gasteiger charge is -2.38. The van der Waals surface area contributed by atoms with E-state index in [4.69, 9.17) is 0 Å². The number of para-hydroxylation sites is 1. The van der Waals surface area contributed by atoms with Gasteiger partial charge in [0, 0.05) is 44.8 Å². The number of hydrogen-bond acceptors (Lipinski definition) is 4. The quantitative estimate of drug-likeness (QED) is 0.579. The molecule has 2 heterocycles. The van der Waals surface area contributed by atoms with Crippen molar-refractivity contribution < 1.29 is 14.4 Å². The molecule has 0 spiro atoms. The van der Waals surface area contributed by atoms with Gasteiger partial charge in [-0.1, -0.05) is 30.4 Å². The van der Waals surface area contributed by atoms with Gasteiger partial charge in [-0.15, -0.1) is 0 Å². The first-order chi connectivity index (χ1) is 14.1. The van der Waals surface area contributed by atoms with Gasteiger partial charge in [0.05, 0.1) is 11.8 Å². The highest BCUT2D eigenvalue weighted by atomic mass is 16.2. The molecule has 0 radical (unpaired) electrons. The summed E-state index contributed by atoms with van der Waals surface area (Å²) in [6.45, 7) is 3.18. The zero-order valence-electron chi connectivity index (χ0n) is 16.6. The van der Waals surface area contributed by atoms with E-state index in [0.717, 1.165) is 25.9 Å². The second kappa shape index (κ2) is 7.32. The van der Waals surface area contributed by atoms with Crippen LogP contribution in [0.2, 0.25) is 0 Å². The summed E-state index contributed by atoms with van der Waals surface area (Å²) in [5.41, 5.74) is 1.18. The van der Waals surface area contributed by atoms with Gasteiger partial charge >= 0.3 is 0 Å². The predicted molar refractivity (Wildman–Crippen MR) is 109 cm³/mol. The van der Waals surface area contributed by atoms with Gasteiger partial charge in [0.2, 0.25) is 17.7 Å². The first kappa shape index (κ1) is 18.4. The maximum atomic E-state index is 12.9. The number of rotatable bonds is 4. The Bertz CT molecular complexity index is 812. The van der Waals surface area contributed by atoms with Gasteiger partial charge in [-0.05, 0) is 36.8 Å². The molecule has 2 saturated heterocycles. The molecule has 4 unspecified atom stereocenters. The third-order valence-corrected chi connectivity index (χ3v) is 7.15. The van der Waals surface area contributed by atoms with Crippen molar-refractivity contribution in [2.45, 2.75) is 19.3 Å². The minimum atomic E-state index is -0.184. The second-order valence-electron chi connectivity index (χ2n) is 8.62. The normalized spacial score (nSPS) is 30.8. The molecule has 3 fully saturated rings. The maximum absolute atomic E-state index is 12.9. The lowest BCUT2D eigenvalue weighted by Crippen LogP contribution is -2.49. The van der Waals surface area contributed by atoms with Crippen molar-refractivity contribution in [1.29, 1.82) is 0 Å². The summed E-state index contributed by atoms with van der Waals surface area (Å²) >= 11 is 0. The van der Waals surface area contributed by atoms with Gasteiger partial charge in [-0.3, -0.25) is 19.3 Å². The van der Waals surface area contributed by atoms with Crippen molar-refractivity contribution >= 4 is 23.4 Å². The number of piperazine rings is 1. The van der Waals surface area contributed by atoms with Crippen LogP contribution in [0.15, 0.2) is 42.5 Å². The fraction of sp³-hybridized carbons (Fsp3) is 0.522. The number of imide groups is 1. The van der Waals surface area contributed by atoms with Gasteiger partial charge in [0.1, 0.15) is 0 Å². The predicted octanol–water partition coefficient (Wildman–Crippen LogP) is 1.92. The lowest BCUT2D eigenvalue weighted by atomic mass is 9.63. The topological polar surface area (TPSA) is 60.9 Å². The van der Waals surface area contributed by atoms with Crippen molar-refractivity contribution in [3.8, 4) is 0 Å². The SMILES string of the molecule is O=C(CCN1C(=O)C2C3C=CC(CC3)C2C1=O)N1CCN(c2ccccc2)CC1. The molecule has 2 aliphatic heterocycles. The Morgan fingerprint density at radius 1 is 0.862 bits per heavy atom. The van der Waals surface area contributed by atoms with Crippen molar-refractivity contribution in [2.24, 2.45) is 23.7 Å². The highest BCUT2D eigenvalue weighted by molar-refractivity contribution is 6.06. The standard InChI is InChI=1S/C23H27N3O3/c27-19(25-14-12-24(13-15-25)18-4-2-1-3-5-18)10-11-26-22(28)20-16-6-7-17(9-8-16)21(20)23(26)29/h1-7,16-17,20-21H,8-15H2. The summed E-state index contributed by atoms with van der Waals surface area (Å²) in [5.74, 6) is -0.0382. The Balaban J connectivity index is 1.16. The first-order valence-corrected chi connectivity index (χ1v) is 10.7. The molecule has 6 heteroatoms. The first-order valence-electron chi connectivity index (χ1n) is 10.7. The van der Waals surface area contributed by atoms with Crippen LogP contribution in [0.1, 0.15) is 19.3 Å². The van der Waals surface area contributed by atoms with Gasteiger partial charge in [-0.2, -0.15) is 0 Å². The van der Waals surface area contributed by atoms with Gasteiger partial charge in [-0.25, -0.2) is 0 Å². The molecule has 3 amide bonds. The number of fused-ring (bicyclic) bond motifs is 1. The van der Waals surface area contributed by atoms with Crippen LogP contribution in [0.3, 0.4) is 0 Å². The largest absolute Gasteiger partial charge is 0.368 e. The number of nitrogens with zero attached hydrogens (tertiary/aromatic N) is 3. The number of likely N-dealkylation sites (tertiary alicyclic amines) is 1. The monoisotopic (exact) mass is 393 g/mol. The minimum absolute atomic E-state index is 0.0364. The van der Waals surface area contributed by atoms with Crippen molar-refractivity contribution in [3.05, 3.63) is 42.5 Å². The average Bonchev–Trinajstić information content (AvgIpc) is 3.05. The van der Waals surface area contributed by atoms with Crippen molar-refractivity contribution in [2.75, 3.05) is 37.6 Å². The molecule has 6 nitrogen and oxygen atoms in total. The van der Waals surface area contributed by atoms with Crippen LogP contribution >= 0.6 is 0 Å². The van der Waals surface area contributed by atoms with E-state index in [1.807, 2.05) is 23.1 Å². The molecule has 0 N–H and O–H groups in total. The minimum Gasteiger partial charge on any atom is -0.368 e. The van der Waals surface area contributed by atoms with E-state index in [-0.39, 0.29) is 54.4 Å². The van der Waals surface area contributed by atoms with E-state index in [1.165, 1.54) is 10.6 Å². The molecule has 1 aromatic carbocycles. The fourth-order valence-electron chi connectivity index (χ4n) is 5.57. The average molecular weight is 393 g/mol. The molecular weight excluding hydrogens is 366 g/mol. The molecule has 4 atom stereocenters. The molecule has 5 aliphatic rings. The molecule has 6 rings (SSSR count). The highest BCUT2D eigenvalue weighted by Gasteiger charge is 2.56. The molecule has 2 bridgehead atoms. The third-order valence-electron chi connectivity index (χ3n) is 7.15. The molecular formula is C23H27N3O3. The summed E-state index contributed by atoms with van der Waals surface area (Å²) < 4.78 is 0. The lowest BCUT2D eigenvalue weighted by molar-refractivity contribution is -0.141. The van der Waals surface area contributed by atoms with Crippen LogP contribution in [0.4, 0.5) is 5.69 Å². The van der Waals surface area contributed by atoms with E-state index in [9.17, 15) is 14.4 Å². The smallest absolute Gasteiger partial charge is 0.233 e. The van der Waals surface area contributed by atoms with E-state index >= 15 is 0 Å². The molecule has 152 valence electrons. The Kier molecular flexibility index (Phi) is 4.64. The highest BCUT2D eigenvalue weighted by Crippen LogP contribution is 2.49. The Labute approximate surface area is 171 Å². The van der Waals surface area contributed by atoms with Gasteiger partial charge in [0.25, 0.3) is 0 Å². The van der Waals surface area contributed by atoms with Crippen LogP contribution in [0.5, 0.6) is 0 Å². The fourth-order valence-corrected chi connectivity index (χ4v) is 5.57. The molecule has 1 saturated carbocycles. The van der Waals surface area contributed by atoms with Crippen molar-refractivity contribution in [3.63, 3.8) is 0 Å². The molecule has 29 heavy (non-hydrogen) atoms. The Morgan fingerprint density at radius 2 is 1.45 bits per heavy atom. The number of carbonyl (C=O) groups excluding carboxylic acids is 3. The van der Waals surface area contributed by atoms with Crippen LogP contribution in [-0.2, 0) is 14.4 Å². The van der Waals surface area contributed by atoms with Crippen LogP contribution in [0, 0.1) is 23.7 Å². The van der Waals surface area contributed by atoms with Gasteiger partial charge in [0.15, 0.2) is 0 Å². The second-order valence-corrected chi connectivity index (χ2v) is 8.62. The molecule has 3 aliphatic carbocycles. The van der Waals surface area contributed by atoms with E-state index in [2.05, 4.69) is 29.2 Å². The number of allylic oxidation sites excluding steroid dienone is 2. The summed E-state index contributed by atoms with van der Waals surface area (Å²) in [6, 6.07) is 10.2. The van der Waals surface area contributed by atoms with Crippen LogP contribution in [-0.4, -0.2) is 60.2 Å². The summed E-state index contributed by atoms with van der Waals surface area (Å²) in [5, 5.41) is 0. The summed E-state index contributed by atoms with van der Waals surface area (Å²) in [7, 11) is 0. The number of carbonyl (C=O) groups is 3. The number of anilines is 1.